The number of ether oxygens (including phenoxy) is 1. The van der Waals surface area contributed by atoms with Crippen LogP contribution in [-0.4, -0.2) is 16.1 Å². The van der Waals surface area contributed by atoms with Crippen molar-refractivity contribution < 1.29 is 4.74 Å². The summed E-state index contributed by atoms with van der Waals surface area (Å²) in [6, 6.07) is 0. The Morgan fingerprint density at radius 3 is 2.38 bits per heavy atom. The Bertz CT molecular complexity index is 244. The zero-order chi connectivity index (χ0) is 9.68. The maximum Gasteiger partial charge on any atom is 0.127 e. The molecule has 1 aromatic heterocycles. The summed E-state index contributed by atoms with van der Waals surface area (Å²) in [5.41, 5.74) is 1.03. The second kappa shape index (κ2) is 4.92. The van der Waals surface area contributed by atoms with Crippen molar-refractivity contribution in [3.63, 3.8) is 0 Å². The van der Waals surface area contributed by atoms with Crippen molar-refractivity contribution in [3.8, 4) is 0 Å². The molecule has 0 amide bonds. The molecule has 0 atom stereocenters. The fourth-order valence-electron chi connectivity index (χ4n) is 0.902. The van der Waals surface area contributed by atoms with Crippen molar-refractivity contribution >= 4 is 0 Å². The second-order valence-corrected chi connectivity index (χ2v) is 3.22. The summed E-state index contributed by atoms with van der Waals surface area (Å²) in [5.74, 6) is 0.883. The molecule has 0 saturated carbocycles. The van der Waals surface area contributed by atoms with Gasteiger partial charge in [-0.1, -0.05) is 6.92 Å². The average Bonchev–Trinajstić information content (AvgIpc) is 2.15. The van der Waals surface area contributed by atoms with Crippen LogP contribution < -0.4 is 0 Å². The van der Waals surface area contributed by atoms with Crippen LogP contribution in [0.25, 0.3) is 0 Å². The van der Waals surface area contributed by atoms with Crippen LogP contribution in [0.5, 0.6) is 0 Å². The largest absolute Gasteiger partial charge is 0.374 e. The molecule has 0 spiro atoms. The average molecular weight is 180 g/mol. The molecule has 0 aromatic carbocycles. The summed E-state index contributed by atoms with van der Waals surface area (Å²) in [6.07, 6.45) is 4.79. The van der Waals surface area contributed by atoms with E-state index in [0.717, 1.165) is 17.8 Å². The first kappa shape index (κ1) is 10.1. The van der Waals surface area contributed by atoms with Crippen LogP contribution in [0.3, 0.4) is 0 Å². The van der Waals surface area contributed by atoms with Gasteiger partial charge in [-0.25, -0.2) is 9.97 Å². The van der Waals surface area contributed by atoms with Crippen molar-refractivity contribution in [2.75, 3.05) is 0 Å². The maximum atomic E-state index is 5.42. The van der Waals surface area contributed by atoms with Gasteiger partial charge in [-0.05, 0) is 13.8 Å². The van der Waals surface area contributed by atoms with Crippen LogP contribution in [0.2, 0.25) is 0 Å². The zero-order valence-corrected chi connectivity index (χ0v) is 8.45. The van der Waals surface area contributed by atoms with Crippen molar-refractivity contribution in [3.05, 3.63) is 23.8 Å². The molecule has 0 radical (unpaired) electrons. The molecule has 0 saturated heterocycles. The molecule has 0 N–H and O–H groups in total. The maximum absolute atomic E-state index is 5.42. The number of hydrogen-bond donors (Lipinski definition) is 0. The van der Waals surface area contributed by atoms with Gasteiger partial charge in [-0.3, -0.25) is 0 Å². The van der Waals surface area contributed by atoms with Crippen molar-refractivity contribution in [2.45, 2.75) is 39.9 Å². The number of rotatable bonds is 4. The first-order valence-electron chi connectivity index (χ1n) is 4.63. The van der Waals surface area contributed by atoms with E-state index in [9.17, 15) is 0 Å². The summed E-state index contributed by atoms with van der Waals surface area (Å²) < 4.78 is 5.42. The van der Waals surface area contributed by atoms with Crippen LogP contribution in [0, 0.1) is 0 Å². The highest BCUT2D eigenvalue weighted by Crippen LogP contribution is 2.01. The van der Waals surface area contributed by atoms with Crippen LogP contribution in [-0.2, 0) is 17.8 Å². The lowest BCUT2D eigenvalue weighted by Crippen LogP contribution is -2.03. The van der Waals surface area contributed by atoms with Gasteiger partial charge in [-0.15, -0.1) is 0 Å². The molecule has 0 aliphatic heterocycles. The number of aryl methyl sites for hydroxylation is 1. The van der Waals surface area contributed by atoms with Gasteiger partial charge in [-0.2, -0.15) is 0 Å². The summed E-state index contributed by atoms with van der Waals surface area (Å²) >= 11 is 0. The smallest absolute Gasteiger partial charge is 0.127 e. The molecule has 3 heteroatoms. The molecular weight excluding hydrogens is 164 g/mol. The normalized spacial score (nSPS) is 10.8. The first-order valence-corrected chi connectivity index (χ1v) is 4.63. The third-order valence-electron chi connectivity index (χ3n) is 1.66. The van der Waals surface area contributed by atoms with Crippen LogP contribution in [0.1, 0.15) is 32.2 Å². The molecule has 72 valence electrons. The van der Waals surface area contributed by atoms with Crippen LogP contribution in [0.15, 0.2) is 12.4 Å². The van der Waals surface area contributed by atoms with Gasteiger partial charge in [0.1, 0.15) is 5.82 Å². The molecule has 1 aromatic rings. The standard InChI is InChI=1S/C10H16N2O/c1-4-10-11-5-9(6-12-10)7-13-8(2)3/h5-6,8H,4,7H2,1-3H3. The number of aromatic nitrogens is 2. The molecule has 0 aliphatic rings. The van der Waals surface area contributed by atoms with Crippen LogP contribution >= 0.6 is 0 Å². The van der Waals surface area contributed by atoms with E-state index in [1.54, 1.807) is 0 Å². The number of hydrogen-bond acceptors (Lipinski definition) is 3. The Balaban J connectivity index is 2.49. The predicted octanol–water partition coefficient (Wildman–Crippen LogP) is 1.96. The topological polar surface area (TPSA) is 35.0 Å². The van der Waals surface area contributed by atoms with E-state index in [1.165, 1.54) is 0 Å². The monoisotopic (exact) mass is 180 g/mol. The molecular formula is C10H16N2O. The van der Waals surface area contributed by atoms with Gasteiger partial charge in [0.25, 0.3) is 0 Å². The lowest BCUT2D eigenvalue weighted by atomic mass is 10.3. The summed E-state index contributed by atoms with van der Waals surface area (Å²) in [6.45, 7) is 6.67. The highest BCUT2D eigenvalue weighted by atomic mass is 16.5. The second-order valence-electron chi connectivity index (χ2n) is 3.22. The highest BCUT2D eigenvalue weighted by Gasteiger charge is 1.97. The van der Waals surface area contributed by atoms with Gasteiger partial charge in [0.05, 0.1) is 12.7 Å². The fraction of sp³-hybridized carbons (Fsp3) is 0.600. The summed E-state index contributed by atoms with van der Waals surface area (Å²) in [5, 5.41) is 0. The molecule has 3 nitrogen and oxygen atoms in total. The van der Waals surface area contributed by atoms with Gasteiger partial charge in [0.15, 0.2) is 0 Å². The minimum atomic E-state index is 0.255. The lowest BCUT2D eigenvalue weighted by Gasteiger charge is -2.06. The third-order valence-corrected chi connectivity index (χ3v) is 1.66. The minimum Gasteiger partial charge on any atom is -0.374 e. The van der Waals surface area contributed by atoms with E-state index < -0.39 is 0 Å². The zero-order valence-electron chi connectivity index (χ0n) is 8.45. The Morgan fingerprint density at radius 2 is 1.92 bits per heavy atom. The van der Waals surface area contributed by atoms with E-state index in [2.05, 4.69) is 9.97 Å². The molecule has 13 heavy (non-hydrogen) atoms. The predicted molar refractivity (Wildman–Crippen MR) is 51.3 cm³/mol. The van der Waals surface area contributed by atoms with Crippen molar-refractivity contribution in [2.24, 2.45) is 0 Å². The molecule has 0 bridgehead atoms. The quantitative estimate of drug-likeness (QED) is 0.710. The van der Waals surface area contributed by atoms with E-state index in [0.29, 0.717) is 6.61 Å². The van der Waals surface area contributed by atoms with E-state index in [1.807, 2.05) is 33.2 Å². The highest BCUT2D eigenvalue weighted by molar-refractivity contribution is 5.03. The molecule has 0 aliphatic carbocycles. The van der Waals surface area contributed by atoms with Gasteiger partial charge < -0.3 is 4.74 Å². The van der Waals surface area contributed by atoms with E-state index in [-0.39, 0.29) is 6.10 Å². The van der Waals surface area contributed by atoms with E-state index >= 15 is 0 Å². The Morgan fingerprint density at radius 1 is 1.31 bits per heavy atom. The third kappa shape index (κ3) is 3.51. The molecule has 1 rings (SSSR count). The van der Waals surface area contributed by atoms with Crippen molar-refractivity contribution in [1.82, 2.24) is 9.97 Å². The van der Waals surface area contributed by atoms with Gasteiger partial charge in [0.2, 0.25) is 0 Å². The molecule has 1 heterocycles. The van der Waals surface area contributed by atoms with E-state index in [4.69, 9.17) is 4.74 Å². The summed E-state index contributed by atoms with van der Waals surface area (Å²) in [4.78, 5) is 8.37. The lowest BCUT2D eigenvalue weighted by molar-refractivity contribution is 0.0653. The fourth-order valence-corrected chi connectivity index (χ4v) is 0.902. The van der Waals surface area contributed by atoms with Crippen molar-refractivity contribution in [1.29, 1.82) is 0 Å². The van der Waals surface area contributed by atoms with Gasteiger partial charge in [0, 0.05) is 24.4 Å². The Labute approximate surface area is 79.2 Å². The molecule has 0 fully saturated rings. The van der Waals surface area contributed by atoms with Crippen LogP contribution in [0.4, 0.5) is 0 Å². The number of nitrogens with zero attached hydrogens (tertiary/aromatic N) is 2. The summed E-state index contributed by atoms with van der Waals surface area (Å²) in [7, 11) is 0. The van der Waals surface area contributed by atoms with Gasteiger partial charge >= 0.3 is 0 Å². The molecule has 0 unspecified atom stereocenters. The Kier molecular flexibility index (Phi) is 3.83. The SMILES string of the molecule is CCc1ncc(COC(C)C)cn1. The minimum absolute atomic E-state index is 0.255. The first-order chi connectivity index (χ1) is 6.22. The Hall–Kier alpha value is -0.960.